The van der Waals surface area contributed by atoms with Gasteiger partial charge in [-0.05, 0) is 70.8 Å². The second-order valence-corrected chi connectivity index (χ2v) is 14.2. The lowest BCUT2D eigenvalue weighted by atomic mass is 9.97. The molecular weight excluding hydrogens is 572 g/mol. The van der Waals surface area contributed by atoms with E-state index in [1.807, 2.05) is 13.0 Å². The maximum atomic E-state index is 11.7. The van der Waals surface area contributed by atoms with Gasteiger partial charge in [-0.3, -0.25) is 0 Å². The fourth-order valence-corrected chi connectivity index (χ4v) is 7.28. The molecule has 0 spiro atoms. The number of aliphatic hydroxyl groups excluding tert-OH is 4. The Morgan fingerprint density at radius 3 is 2.00 bits per heavy atom. The average molecular weight is 639 g/mol. The van der Waals surface area contributed by atoms with Gasteiger partial charge in [0.15, 0.2) is 0 Å². The number of cyclic esters (lactones) is 1. The molecule has 0 bridgehead atoms. The summed E-state index contributed by atoms with van der Waals surface area (Å²) < 4.78 is 17.7. The number of rotatable bonds is 25. The highest BCUT2D eigenvalue weighted by Crippen LogP contribution is 2.34. The summed E-state index contributed by atoms with van der Waals surface area (Å²) >= 11 is 0. The largest absolute Gasteiger partial charge is 0.455 e. The Morgan fingerprint density at radius 1 is 0.711 bits per heavy atom. The van der Waals surface area contributed by atoms with Crippen molar-refractivity contribution in [1.82, 2.24) is 0 Å². The Balaban J connectivity index is 1.17. The van der Waals surface area contributed by atoms with Crippen LogP contribution >= 0.6 is 0 Å². The predicted molar refractivity (Wildman–Crippen MR) is 177 cm³/mol. The Kier molecular flexibility index (Phi) is 18.6. The molecule has 0 aromatic carbocycles. The van der Waals surface area contributed by atoms with E-state index in [0.717, 1.165) is 77.0 Å². The molecule has 3 aliphatic heterocycles. The van der Waals surface area contributed by atoms with E-state index >= 15 is 0 Å². The lowest BCUT2D eigenvalue weighted by Gasteiger charge is -2.24. The van der Waals surface area contributed by atoms with Crippen LogP contribution in [0.2, 0.25) is 0 Å². The molecule has 3 heterocycles. The van der Waals surface area contributed by atoms with Crippen molar-refractivity contribution in [2.24, 2.45) is 0 Å². The first-order valence-corrected chi connectivity index (χ1v) is 18.7. The Bertz CT molecular complexity index is 833. The molecule has 8 nitrogen and oxygen atoms in total. The molecule has 0 saturated carbocycles. The molecule has 0 unspecified atom stereocenters. The Hall–Kier alpha value is -1.03. The number of hydrogen-bond acceptors (Lipinski definition) is 8. The fraction of sp³-hybridized carbons (Fsp3) is 0.919. The van der Waals surface area contributed by atoms with Crippen molar-refractivity contribution < 1.29 is 39.4 Å². The summed E-state index contributed by atoms with van der Waals surface area (Å²) in [6.45, 7) is 4.06. The zero-order chi connectivity index (χ0) is 32.4. The van der Waals surface area contributed by atoms with Gasteiger partial charge in [0.1, 0.15) is 6.10 Å². The van der Waals surface area contributed by atoms with Gasteiger partial charge in [0.25, 0.3) is 0 Å². The first kappa shape index (κ1) is 38.4. The van der Waals surface area contributed by atoms with Gasteiger partial charge >= 0.3 is 5.97 Å². The standard InChI is InChI=1S/C37H66O8/c1-3-4-5-6-7-8-12-15-18-31(39)32(40)20-21-33(41)34-23-24-36(45-34)35-22-19-30(44-35)17-14-11-9-10-13-16-29(38)26-28-25-27(2)43-37(28)42/h25,27,29-36,38-41H,3-24,26H2,1-2H3/t27-,29-,30+,31+,32-,33+,34+,35-,36-/m0/s1. The third kappa shape index (κ3) is 14.7. The van der Waals surface area contributed by atoms with Gasteiger partial charge < -0.3 is 34.6 Å². The highest BCUT2D eigenvalue weighted by atomic mass is 16.6. The summed E-state index contributed by atoms with van der Waals surface area (Å²) in [7, 11) is 0. The summed E-state index contributed by atoms with van der Waals surface area (Å²) in [5.41, 5.74) is 0.606. The van der Waals surface area contributed by atoms with Crippen LogP contribution in [-0.4, -0.2) is 81.3 Å². The summed E-state index contributed by atoms with van der Waals surface area (Å²) in [5.74, 6) is -0.290. The van der Waals surface area contributed by atoms with Crippen molar-refractivity contribution >= 4 is 5.97 Å². The minimum absolute atomic E-state index is 0.0311. The molecule has 9 atom stereocenters. The van der Waals surface area contributed by atoms with Gasteiger partial charge in [0.05, 0.1) is 48.8 Å². The number of unbranched alkanes of at least 4 members (excludes halogenated alkanes) is 11. The normalized spacial score (nSPS) is 27.8. The second-order valence-electron chi connectivity index (χ2n) is 14.2. The topological polar surface area (TPSA) is 126 Å². The van der Waals surface area contributed by atoms with Crippen LogP contribution in [0.15, 0.2) is 11.6 Å². The van der Waals surface area contributed by atoms with Crippen molar-refractivity contribution in [3.05, 3.63) is 11.6 Å². The third-order valence-electron chi connectivity index (χ3n) is 10.1. The molecular formula is C37H66O8. The monoisotopic (exact) mass is 638 g/mol. The van der Waals surface area contributed by atoms with Gasteiger partial charge in [0.2, 0.25) is 0 Å². The molecule has 0 amide bonds. The second kappa shape index (κ2) is 21.8. The lowest BCUT2D eigenvalue weighted by Crippen LogP contribution is -2.33. The first-order chi connectivity index (χ1) is 21.8. The first-order valence-electron chi connectivity index (χ1n) is 18.7. The number of carbonyl (C=O) groups excluding carboxylic acids is 1. The van der Waals surface area contributed by atoms with Gasteiger partial charge in [-0.15, -0.1) is 0 Å². The molecule has 3 rings (SSSR count). The summed E-state index contributed by atoms with van der Waals surface area (Å²) in [5, 5.41) is 41.8. The molecule has 3 aliphatic rings. The molecule has 0 aromatic rings. The number of aliphatic hydroxyl groups is 4. The zero-order valence-electron chi connectivity index (χ0n) is 28.5. The maximum Gasteiger partial charge on any atom is 0.334 e. The van der Waals surface area contributed by atoms with Crippen LogP contribution in [0.5, 0.6) is 0 Å². The molecule has 8 heteroatoms. The van der Waals surface area contributed by atoms with E-state index < -0.39 is 24.4 Å². The number of carbonyl (C=O) groups is 1. The smallest absolute Gasteiger partial charge is 0.334 e. The summed E-state index contributed by atoms with van der Waals surface area (Å²) in [6, 6.07) is 0. The number of ether oxygens (including phenoxy) is 3. The van der Waals surface area contributed by atoms with Crippen molar-refractivity contribution in [3.63, 3.8) is 0 Å². The molecule has 4 N–H and O–H groups in total. The molecule has 262 valence electrons. The average Bonchev–Trinajstić information content (AvgIpc) is 3.76. The van der Waals surface area contributed by atoms with Gasteiger partial charge in [0, 0.05) is 12.0 Å². The van der Waals surface area contributed by atoms with Gasteiger partial charge in [-0.2, -0.15) is 0 Å². The van der Waals surface area contributed by atoms with E-state index in [9.17, 15) is 25.2 Å². The minimum Gasteiger partial charge on any atom is -0.455 e. The summed E-state index contributed by atoms with van der Waals surface area (Å²) in [4.78, 5) is 11.7. The predicted octanol–water partition coefficient (Wildman–Crippen LogP) is 6.83. The molecule has 0 radical (unpaired) electrons. The SMILES string of the molecule is CCCCCCCCCC[C@@H](O)[C@@H](O)CC[C@@H](O)[C@H]1CC[C@@H]([C@@H]2CC[C@@H](CCCCCCC[C@H](O)CC3=C[C@H](C)OC3=O)O2)O1. The van der Waals surface area contributed by atoms with E-state index in [0.29, 0.717) is 37.7 Å². The van der Waals surface area contributed by atoms with E-state index in [1.54, 1.807) is 0 Å². The summed E-state index contributed by atoms with van der Waals surface area (Å²) in [6.07, 6.45) is 21.8. The molecule has 2 fully saturated rings. The van der Waals surface area contributed by atoms with Gasteiger partial charge in [-0.1, -0.05) is 90.4 Å². The molecule has 0 aromatic heterocycles. The van der Waals surface area contributed by atoms with Crippen LogP contribution in [-0.2, 0) is 19.0 Å². The van der Waals surface area contributed by atoms with Crippen LogP contribution in [0.1, 0.15) is 162 Å². The lowest BCUT2D eigenvalue weighted by molar-refractivity contribution is -0.139. The van der Waals surface area contributed by atoms with E-state index in [2.05, 4.69) is 6.92 Å². The van der Waals surface area contributed by atoms with Crippen LogP contribution in [0.3, 0.4) is 0 Å². The highest BCUT2D eigenvalue weighted by molar-refractivity contribution is 5.90. The molecule has 2 saturated heterocycles. The number of esters is 1. The Morgan fingerprint density at radius 2 is 1.31 bits per heavy atom. The van der Waals surface area contributed by atoms with Crippen molar-refractivity contribution in [3.8, 4) is 0 Å². The van der Waals surface area contributed by atoms with Crippen molar-refractivity contribution in [2.45, 2.75) is 216 Å². The Labute approximate surface area is 273 Å². The van der Waals surface area contributed by atoms with E-state index in [4.69, 9.17) is 14.2 Å². The third-order valence-corrected chi connectivity index (χ3v) is 10.1. The van der Waals surface area contributed by atoms with Crippen LogP contribution in [0.25, 0.3) is 0 Å². The zero-order valence-corrected chi connectivity index (χ0v) is 28.5. The molecule has 45 heavy (non-hydrogen) atoms. The van der Waals surface area contributed by atoms with Crippen LogP contribution in [0, 0.1) is 0 Å². The maximum absolute atomic E-state index is 11.7. The van der Waals surface area contributed by atoms with Gasteiger partial charge in [-0.25, -0.2) is 4.79 Å². The number of hydrogen-bond donors (Lipinski definition) is 4. The van der Waals surface area contributed by atoms with Crippen molar-refractivity contribution in [1.29, 1.82) is 0 Å². The molecule has 0 aliphatic carbocycles. The quantitative estimate of drug-likeness (QED) is 0.0634. The van der Waals surface area contributed by atoms with Crippen molar-refractivity contribution in [2.75, 3.05) is 0 Å². The van der Waals surface area contributed by atoms with Crippen LogP contribution < -0.4 is 0 Å². The van der Waals surface area contributed by atoms with E-state index in [1.165, 1.54) is 38.5 Å². The van der Waals surface area contributed by atoms with Crippen LogP contribution in [0.4, 0.5) is 0 Å². The minimum atomic E-state index is -0.794. The fourth-order valence-electron chi connectivity index (χ4n) is 7.28. The van der Waals surface area contributed by atoms with E-state index in [-0.39, 0.29) is 36.5 Å². The highest BCUT2D eigenvalue weighted by Gasteiger charge is 2.39.